The van der Waals surface area contributed by atoms with Crippen molar-refractivity contribution in [3.8, 4) is 16.9 Å². The van der Waals surface area contributed by atoms with Crippen LogP contribution < -0.4 is 10.3 Å². The van der Waals surface area contributed by atoms with Gasteiger partial charge in [0.2, 0.25) is 0 Å². The maximum atomic E-state index is 11.9. The second-order valence-electron chi connectivity index (χ2n) is 6.19. The molecule has 3 rings (SSSR count). The SMILES string of the molecule is Cc1cc(-c2cc([S+](C)[O-])ccc2OCC2CC2)cn(C)c1=O. The molecule has 1 saturated carbocycles. The molecule has 1 atom stereocenters. The highest BCUT2D eigenvalue weighted by Gasteiger charge is 2.23. The molecule has 1 fully saturated rings. The Morgan fingerprint density at radius 1 is 1.35 bits per heavy atom. The Hall–Kier alpha value is -1.72. The van der Waals surface area contributed by atoms with Crippen molar-refractivity contribution in [2.24, 2.45) is 13.0 Å². The molecule has 0 radical (unpaired) electrons. The number of hydrogen-bond donors (Lipinski definition) is 0. The first-order chi connectivity index (χ1) is 11.0. The van der Waals surface area contributed by atoms with E-state index in [1.54, 1.807) is 31.0 Å². The highest BCUT2D eigenvalue weighted by Crippen LogP contribution is 2.35. The number of aromatic nitrogens is 1. The van der Waals surface area contributed by atoms with Gasteiger partial charge in [-0.25, -0.2) is 0 Å². The summed E-state index contributed by atoms with van der Waals surface area (Å²) in [6, 6.07) is 7.49. The van der Waals surface area contributed by atoms with E-state index in [0.717, 1.165) is 21.8 Å². The second-order valence-corrected chi connectivity index (χ2v) is 7.57. The standard InChI is InChI=1S/C18H21NO3S/c1-12-8-14(10-19(2)18(12)20)16-9-15(23(3)21)6-7-17(16)22-11-13-4-5-13/h6-10,13H,4-5,11H2,1-3H3. The van der Waals surface area contributed by atoms with E-state index in [2.05, 4.69) is 0 Å². The average Bonchev–Trinajstić information content (AvgIpc) is 3.34. The van der Waals surface area contributed by atoms with Crippen molar-refractivity contribution in [1.29, 1.82) is 0 Å². The first-order valence-corrected chi connectivity index (χ1v) is 9.29. The van der Waals surface area contributed by atoms with Crippen molar-refractivity contribution in [3.63, 3.8) is 0 Å². The molecule has 4 nitrogen and oxygen atoms in total. The van der Waals surface area contributed by atoms with E-state index in [9.17, 15) is 9.35 Å². The van der Waals surface area contributed by atoms with Crippen LogP contribution in [0.25, 0.3) is 11.1 Å². The van der Waals surface area contributed by atoms with E-state index >= 15 is 0 Å². The fraction of sp³-hybridized carbons (Fsp3) is 0.389. The van der Waals surface area contributed by atoms with Crippen LogP contribution in [-0.4, -0.2) is 22.0 Å². The number of aryl methyl sites for hydroxylation is 2. The molecule has 2 aromatic rings. The van der Waals surface area contributed by atoms with Crippen LogP contribution in [0.4, 0.5) is 0 Å². The van der Waals surface area contributed by atoms with Crippen LogP contribution in [0.3, 0.4) is 0 Å². The number of pyridine rings is 1. The molecule has 1 aliphatic carbocycles. The van der Waals surface area contributed by atoms with Crippen LogP contribution in [0.1, 0.15) is 18.4 Å². The van der Waals surface area contributed by atoms with Gasteiger partial charge < -0.3 is 13.9 Å². The Labute approximate surface area is 139 Å². The van der Waals surface area contributed by atoms with Gasteiger partial charge in [0.15, 0.2) is 4.90 Å². The van der Waals surface area contributed by atoms with Crippen LogP contribution in [-0.2, 0) is 18.2 Å². The molecular formula is C18H21NO3S. The normalized spacial score (nSPS) is 15.5. The van der Waals surface area contributed by atoms with Crippen LogP contribution in [0.2, 0.25) is 0 Å². The smallest absolute Gasteiger partial charge is 0.253 e. The lowest BCUT2D eigenvalue weighted by Gasteiger charge is -2.14. The minimum absolute atomic E-state index is 0.00980. The second kappa shape index (κ2) is 6.42. The third kappa shape index (κ3) is 3.62. The predicted molar refractivity (Wildman–Crippen MR) is 92.4 cm³/mol. The minimum Gasteiger partial charge on any atom is -0.612 e. The molecule has 1 aromatic carbocycles. The van der Waals surface area contributed by atoms with Gasteiger partial charge in [0.05, 0.1) is 6.61 Å². The highest BCUT2D eigenvalue weighted by molar-refractivity contribution is 7.90. The van der Waals surface area contributed by atoms with Crippen molar-refractivity contribution >= 4 is 11.2 Å². The largest absolute Gasteiger partial charge is 0.612 e. The van der Waals surface area contributed by atoms with Crippen molar-refractivity contribution in [3.05, 3.63) is 46.4 Å². The van der Waals surface area contributed by atoms with E-state index in [-0.39, 0.29) is 5.56 Å². The van der Waals surface area contributed by atoms with Crippen LogP contribution in [0.15, 0.2) is 40.2 Å². The molecule has 1 unspecified atom stereocenters. The zero-order valence-electron chi connectivity index (χ0n) is 13.7. The lowest BCUT2D eigenvalue weighted by atomic mass is 10.0. The van der Waals surface area contributed by atoms with Crippen molar-refractivity contribution in [2.75, 3.05) is 12.9 Å². The summed E-state index contributed by atoms with van der Waals surface area (Å²) in [6.45, 7) is 2.52. The molecule has 0 amide bonds. The number of ether oxygens (including phenoxy) is 1. The van der Waals surface area contributed by atoms with Gasteiger partial charge in [-0.3, -0.25) is 4.79 Å². The Bertz CT molecular complexity index is 752. The summed E-state index contributed by atoms with van der Waals surface area (Å²) in [5, 5.41) is 0. The van der Waals surface area contributed by atoms with Gasteiger partial charge in [0, 0.05) is 36.0 Å². The number of nitrogens with zero attached hydrogens (tertiary/aromatic N) is 1. The summed E-state index contributed by atoms with van der Waals surface area (Å²) in [6.07, 6.45) is 5.92. The molecule has 1 heterocycles. The van der Waals surface area contributed by atoms with Gasteiger partial charge in [-0.05, 0) is 55.1 Å². The van der Waals surface area contributed by atoms with E-state index in [4.69, 9.17) is 4.74 Å². The van der Waals surface area contributed by atoms with Crippen LogP contribution in [0.5, 0.6) is 5.75 Å². The van der Waals surface area contributed by atoms with E-state index in [1.807, 2.05) is 24.3 Å². The average molecular weight is 331 g/mol. The third-order valence-electron chi connectivity index (χ3n) is 4.13. The van der Waals surface area contributed by atoms with E-state index in [1.165, 1.54) is 12.8 Å². The Morgan fingerprint density at radius 2 is 2.09 bits per heavy atom. The summed E-state index contributed by atoms with van der Waals surface area (Å²) in [5.74, 6) is 1.44. The first kappa shape index (κ1) is 16.1. The lowest BCUT2D eigenvalue weighted by molar-refractivity contribution is 0.301. The molecule has 5 heteroatoms. The van der Waals surface area contributed by atoms with Gasteiger partial charge in [-0.15, -0.1) is 0 Å². The summed E-state index contributed by atoms with van der Waals surface area (Å²) in [5.41, 5.74) is 2.46. The summed E-state index contributed by atoms with van der Waals surface area (Å²) < 4.78 is 19.4. The first-order valence-electron chi connectivity index (χ1n) is 7.73. The third-order valence-corrected chi connectivity index (χ3v) is 5.05. The van der Waals surface area contributed by atoms with Gasteiger partial charge >= 0.3 is 0 Å². The van der Waals surface area contributed by atoms with Crippen LogP contribution >= 0.6 is 0 Å². The highest BCUT2D eigenvalue weighted by atomic mass is 32.2. The van der Waals surface area contributed by atoms with Crippen molar-refractivity contribution in [1.82, 2.24) is 4.57 Å². The Kier molecular flexibility index (Phi) is 4.50. The van der Waals surface area contributed by atoms with Gasteiger partial charge in [0.1, 0.15) is 12.0 Å². The summed E-state index contributed by atoms with van der Waals surface area (Å²) >= 11 is -1.06. The number of benzene rings is 1. The summed E-state index contributed by atoms with van der Waals surface area (Å²) in [4.78, 5) is 12.7. The molecule has 1 aromatic heterocycles. The zero-order chi connectivity index (χ0) is 16.6. The van der Waals surface area contributed by atoms with Crippen molar-refractivity contribution in [2.45, 2.75) is 24.7 Å². The molecule has 1 aliphatic rings. The lowest BCUT2D eigenvalue weighted by Crippen LogP contribution is -2.18. The number of hydrogen-bond acceptors (Lipinski definition) is 3. The van der Waals surface area contributed by atoms with Gasteiger partial charge in [-0.2, -0.15) is 0 Å². The Balaban J connectivity index is 2.05. The molecule has 0 aliphatic heterocycles. The maximum absolute atomic E-state index is 11.9. The fourth-order valence-corrected chi connectivity index (χ4v) is 3.10. The Morgan fingerprint density at radius 3 is 2.70 bits per heavy atom. The summed E-state index contributed by atoms with van der Waals surface area (Å²) in [7, 11) is 1.74. The molecule has 23 heavy (non-hydrogen) atoms. The van der Waals surface area contributed by atoms with Crippen LogP contribution in [0, 0.1) is 12.8 Å². The minimum atomic E-state index is -1.06. The number of rotatable bonds is 5. The van der Waals surface area contributed by atoms with Crippen molar-refractivity contribution < 1.29 is 9.29 Å². The quantitative estimate of drug-likeness (QED) is 0.792. The van der Waals surface area contributed by atoms with Gasteiger partial charge in [0.25, 0.3) is 5.56 Å². The molecule has 122 valence electrons. The monoisotopic (exact) mass is 331 g/mol. The molecule has 0 spiro atoms. The predicted octanol–water partition coefficient (Wildman–Crippen LogP) is 2.89. The topological polar surface area (TPSA) is 54.3 Å². The van der Waals surface area contributed by atoms with E-state index < -0.39 is 11.2 Å². The maximum Gasteiger partial charge on any atom is 0.253 e. The zero-order valence-corrected chi connectivity index (χ0v) is 14.5. The van der Waals surface area contributed by atoms with Gasteiger partial charge in [-0.1, -0.05) is 0 Å². The fourth-order valence-electron chi connectivity index (χ4n) is 2.56. The van der Waals surface area contributed by atoms with E-state index in [0.29, 0.717) is 18.1 Å². The molecular weight excluding hydrogens is 310 g/mol. The molecule has 0 bridgehead atoms. The molecule has 0 saturated heterocycles. The molecule has 0 N–H and O–H groups in total.